The molecule has 20 heavy (non-hydrogen) atoms. The van der Waals surface area contributed by atoms with Crippen molar-refractivity contribution < 1.29 is 14.3 Å². The molecule has 1 aliphatic rings. The summed E-state index contributed by atoms with van der Waals surface area (Å²) in [6.07, 6.45) is 7.58. The zero-order chi connectivity index (χ0) is 15.0. The molecule has 7 nitrogen and oxygen atoms in total. The normalized spacial score (nSPS) is 16.5. The van der Waals surface area contributed by atoms with Crippen molar-refractivity contribution in [1.29, 1.82) is 5.41 Å². The lowest BCUT2D eigenvalue weighted by Crippen LogP contribution is -2.53. The average molecular weight is 284 g/mol. The van der Waals surface area contributed by atoms with E-state index in [1.807, 2.05) is 0 Å². The van der Waals surface area contributed by atoms with Crippen LogP contribution in [0.4, 0.5) is 9.59 Å². The monoisotopic (exact) mass is 284 g/mol. The average Bonchev–Trinajstić information content (AvgIpc) is 2.41. The third-order valence-electron chi connectivity index (χ3n) is 3.45. The number of carbonyl (C=O) groups is 2. The molecule has 3 N–H and O–H groups in total. The lowest BCUT2D eigenvalue weighted by Gasteiger charge is -2.25. The number of carbonyl (C=O) groups excluding carboxylic acids is 2. The topological polar surface area (TPSA) is 94.5 Å². The molecule has 0 radical (unpaired) electrons. The molecule has 0 unspecified atom stereocenters. The molecule has 114 valence electrons. The first-order chi connectivity index (χ1) is 9.60. The summed E-state index contributed by atoms with van der Waals surface area (Å²) >= 11 is 0. The highest BCUT2D eigenvalue weighted by atomic mass is 16.5. The van der Waals surface area contributed by atoms with E-state index in [9.17, 15) is 9.59 Å². The van der Waals surface area contributed by atoms with Crippen LogP contribution in [0.15, 0.2) is 0 Å². The number of nitrogens with one attached hydrogen (secondary N) is 3. The number of hydrogen-bond donors (Lipinski definition) is 3. The van der Waals surface area contributed by atoms with Crippen LogP contribution in [-0.4, -0.2) is 43.2 Å². The second-order valence-electron chi connectivity index (χ2n) is 4.89. The number of nitrogens with zero attached hydrogens (tertiary/aromatic N) is 1. The van der Waals surface area contributed by atoms with Crippen LogP contribution in [0.3, 0.4) is 0 Å². The van der Waals surface area contributed by atoms with E-state index < -0.39 is 18.1 Å². The molecule has 1 fully saturated rings. The van der Waals surface area contributed by atoms with E-state index in [4.69, 9.17) is 5.41 Å². The van der Waals surface area contributed by atoms with Gasteiger partial charge in [-0.3, -0.25) is 5.41 Å². The summed E-state index contributed by atoms with van der Waals surface area (Å²) in [6, 6.07) is -1.73. The van der Waals surface area contributed by atoms with Gasteiger partial charge in [0.05, 0.1) is 7.11 Å². The van der Waals surface area contributed by atoms with Crippen LogP contribution in [0, 0.1) is 5.41 Å². The molecule has 0 saturated heterocycles. The Labute approximate surface area is 119 Å². The number of methoxy groups -OCH3 is 1. The smallest absolute Gasteiger partial charge is 0.334 e. The van der Waals surface area contributed by atoms with Gasteiger partial charge in [-0.2, -0.15) is 4.90 Å². The highest BCUT2D eigenvalue weighted by Crippen LogP contribution is 2.17. The highest BCUT2D eigenvalue weighted by molar-refractivity contribution is 6.08. The van der Waals surface area contributed by atoms with Gasteiger partial charge in [-0.15, -0.1) is 0 Å². The van der Waals surface area contributed by atoms with Crippen LogP contribution >= 0.6 is 0 Å². The third kappa shape index (κ3) is 4.71. The van der Waals surface area contributed by atoms with Gasteiger partial charge in [0.1, 0.15) is 0 Å². The maximum atomic E-state index is 12.1. The molecule has 1 saturated carbocycles. The first kappa shape index (κ1) is 16.3. The van der Waals surface area contributed by atoms with Crippen molar-refractivity contribution in [2.75, 3.05) is 14.2 Å². The zero-order valence-corrected chi connectivity index (χ0v) is 12.2. The molecule has 0 heterocycles. The fourth-order valence-electron chi connectivity index (χ4n) is 2.32. The number of urea groups is 2. The summed E-state index contributed by atoms with van der Waals surface area (Å²) in [4.78, 5) is 24.5. The Morgan fingerprint density at radius 1 is 1.10 bits per heavy atom. The van der Waals surface area contributed by atoms with Gasteiger partial charge < -0.3 is 15.4 Å². The molecular formula is C13H24N4O3. The SMILES string of the molecule is CNC(=O)N(C(=N)OC)C(=O)NC1CCCCCCC1. The Bertz CT molecular complexity index is 336. The lowest BCUT2D eigenvalue weighted by molar-refractivity contribution is 0.191. The van der Waals surface area contributed by atoms with Crippen molar-refractivity contribution in [3.63, 3.8) is 0 Å². The Balaban J connectivity index is 2.64. The molecule has 0 aromatic carbocycles. The van der Waals surface area contributed by atoms with Crippen molar-refractivity contribution in [1.82, 2.24) is 15.5 Å². The van der Waals surface area contributed by atoms with E-state index >= 15 is 0 Å². The maximum absolute atomic E-state index is 12.1. The van der Waals surface area contributed by atoms with Gasteiger partial charge in [-0.1, -0.05) is 32.1 Å². The summed E-state index contributed by atoms with van der Waals surface area (Å²) in [5.74, 6) is 0. The van der Waals surface area contributed by atoms with E-state index in [0.29, 0.717) is 4.90 Å². The Kier molecular flexibility index (Phi) is 6.83. The van der Waals surface area contributed by atoms with Gasteiger partial charge >= 0.3 is 18.1 Å². The van der Waals surface area contributed by atoms with Gasteiger partial charge in [-0.05, 0) is 12.8 Å². The minimum absolute atomic E-state index is 0.0552. The first-order valence-corrected chi connectivity index (χ1v) is 7.05. The van der Waals surface area contributed by atoms with Crippen LogP contribution in [0.2, 0.25) is 0 Å². The summed E-state index contributed by atoms with van der Waals surface area (Å²) < 4.78 is 4.68. The minimum Gasteiger partial charge on any atom is -0.468 e. The van der Waals surface area contributed by atoms with Crippen LogP contribution in [0.5, 0.6) is 0 Å². The minimum atomic E-state index is -0.680. The van der Waals surface area contributed by atoms with Crippen molar-refractivity contribution in [3.8, 4) is 0 Å². The molecule has 0 bridgehead atoms. The van der Waals surface area contributed by atoms with Gasteiger partial charge in [0.15, 0.2) is 0 Å². The number of amides is 4. The molecule has 0 aromatic rings. The largest absolute Gasteiger partial charge is 0.468 e. The highest BCUT2D eigenvalue weighted by Gasteiger charge is 2.28. The predicted molar refractivity (Wildman–Crippen MR) is 75.7 cm³/mol. The standard InChI is InChI=1S/C13H24N4O3/c1-15-12(18)17(11(14)20-2)13(19)16-10-8-6-4-3-5-7-9-10/h10,14H,3-9H2,1-2H3,(H,15,18)(H,16,19). The summed E-state index contributed by atoms with van der Waals surface area (Å²) in [7, 11) is 2.66. The molecular weight excluding hydrogens is 260 g/mol. The number of imide groups is 1. The molecule has 0 atom stereocenters. The quantitative estimate of drug-likeness (QED) is 0.508. The molecule has 1 rings (SSSR count). The summed E-state index contributed by atoms with van der Waals surface area (Å²) in [6.45, 7) is 0. The lowest BCUT2D eigenvalue weighted by atomic mass is 9.97. The maximum Gasteiger partial charge on any atom is 0.334 e. The van der Waals surface area contributed by atoms with Gasteiger partial charge in [0, 0.05) is 13.1 Å². The second-order valence-corrected chi connectivity index (χ2v) is 4.89. The van der Waals surface area contributed by atoms with Crippen molar-refractivity contribution in [3.05, 3.63) is 0 Å². The Hall–Kier alpha value is -1.79. The van der Waals surface area contributed by atoms with Crippen LogP contribution in [0.1, 0.15) is 44.9 Å². The molecule has 1 aliphatic carbocycles. The fourth-order valence-corrected chi connectivity index (χ4v) is 2.32. The van der Waals surface area contributed by atoms with Crippen LogP contribution in [-0.2, 0) is 4.74 Å². The fraction of sp³-hybridized carbons (Fsp3) is 0.769. The Morgan fingerprint density at radius 2 is 1.65 bits per heavy atom. The van der Waals surface area contributed by atoms with E-state index in [1.54, 1.807) is 0 Å². The van der Waals surface area contributed by atoms with Gasteiger partial charge in [-0.25, -0.2) is 9.59 Å². The number of rotatable bonds is 1. The third-order valence-corrected chi connectivity index (χ3v) is 3.45. The molecule has 7 heteroatoms. The van der Waals surface area contributed by atoms with E-state index in [-0.39, 0.29) is 6.04 Å². The van der Waals surface area contributed by atoms with Crippen molar-refractivity contribution in [2.45, 2.75) is 51.0 Å². The van der Waals surface area contributed by atoms with Crippen LogP contribution in [0.25, 0.3) is 0 Å². The van der Waals surface area contributed by atoms with E-state index in [0.717, 1.165) is 25.7 Å². The van der Waals surface area contributed by atoms with Crippen LogP contribution < -0.4 is 10.6 Å². The van der Waals surface area contributed by atoms with Gasteiger partial charge in [0.2, 0.25) is 0 Å². The number of amidine groups is 1. The summed E-state index contributed by atoms with van der Waals surface area (Å²) in [5.41, 5.74) is 0. The molecule has 0 aromatic heterocycles. The zero-order valence-electron chi connectivity index (χ0n) is 12.2. The first-order valence-electron chi connectivity index (χ1n) is 7.05. The second kappa shape index (κ2) is 8.39. The van der Waals surface area contributed by atoms with E-state index in [2.05, 4.69) is 15.4 Å². The molecule has 0 aliphatic heterocycles. The predicted octanol–water partition coefficient (Wildman–Crippen LogP) is 2.03. The summed E-state index contributed by atoms with van der Waals surface area (Å²) in [5, 5.41) is 12.7. The van der Waals surface area contributed by atoms with Gasteiger partial charge in [0.25, 0.3) is 0 Å². The van der Waals surface area contributed by atoms with E-state index in [1.165, 1.54) is 33.4 Å². The van der Waals surface area contributed by atoms with Crippen molar-refractivity contribution in [2.24, 2.45) is 0 Å². The Morgan fingerprint density at radius 3 is 2.15 bits per heavy atom. The molecule has 0 spiro atoms. The number of ether oxygens (including phenoxy) is 1. The number of hydrogen-bond acceptors (Lipinski definition) is 4. The molecule has 4 amide bonds. The van der Waals surface area contributed by atoms with Crippen molar-refractivity contribution >= 4 is 18.1 Å².